The Labute approximate surface area is 150 Å². The molecule has 1 fully saturated rings. The molecule has 1 aromatic carbocycles. The van der Waals surface area contributed by atoms with Crippen molar-refractivity contribution in [3.63, 3.8) is 0 Å². The highest BCUT2D eigenvalue weighted by Crippen LogP contribution is 2.25. The first kappa shape index (κ1) is 16.3. The summed E-state index contributed by atoms with van der Waals surface area (Å²) in [5.41, 5.74) is 3.10. The van der Waals surface area contributed by atoms with Crippen LogP contribution in [0, 0.1) is 6.92 Å². The third kappa shape index (κ3) is 3.56. The number of nitrogens with zero attached hydrogens (tertiary/aromatic N) is 3. The summed E-state index contributed by atoms with van der Waals surface area (Å²) in [4.78, 5) is 11.9. The number of aromatic nitrogens is 3. The molecular formula is C19H19N5O2. The number of aryl methyl sites for hydroxylation is 1. The highest BCUT2D eigenvalue weighted by atomic mass is 16.5. The minimum Gasteiger partial charge on any atom is -0.364 e. The Kier molecular flexibility index (Phi) is 4.35. The summed E-state index contributed by atoms with van der Waals surface area (Å²) in [6.45, 7) is 2.38. The van der Waals surface area contributed by atoms with Crippen LogP contribution < -0.4 is 10.6 Å². The number of rotatable bonds is 6. The van der Waals surface area contributed by atoms with Gasteiger partial charge in [-0.25, -0.2) is 0 Å². The zero-order chi connectivity index (χ0) is 17.9. The lowest BCUT2D eigenvalue weighted by molar-refractivity contribution is 0.0945. The first-order valence-electron chi connectivity index (χ1n) is 8.60. The molecule has 2 N–H and O–H groups in total. The van der Waals surface area contributed by atoms with Gasteiger partial charge in [0.2, 0.25) is 0 Å². The van der Waals surface area contributed by atoms with Crippen LogP contribution in [-0.2, 0) is 6.54 Å². The Hall–Kier alpha value is -3.22. The number of hydrogen-bond donors (Lipinski definition) is 2. The number of nitrogens with one attached hydrogen (secondary N) is 2. The lowest BCUT2D eigenvalue weighted by Gasteiger charge is -2.07. The molecule has 132 valence electrons. The Morgan fingerprint density at radius 3 is 2.65 bits per heavy atom. The van der Waals surface area contributed by atoms with Crippen molar-refractivity contribution < 1.29 is 9.32 Å². The van der Waals surface area contributed by atoms with Gasteiger partial charge in [-0.15, -0.1) is 10.2 Å². The average molecular weight is 349 g/mol. The SMILES string of the molecule is Cc1onc(-c2ccccc2)c1CNc1ccc(C(=O)NC2CC2)nn1. The standard InChI is InChI=1S/C19H19N5O2/c1-12-15(18(24-26-12)13-5-3-2-4-6-13)11-20-17-10-9-16(22-23-17)19(25)21-14-7-8-14/h2-6,9-10,14H,7-8,11H2,1H3,(H,20,23)(H,21,25). The maximum absolute atomic E-state index is 11.9. The second-order valence-electron chi connectivity index (χ2n) is 6.34. The van der Waals surface area contributed by atoms with Crippen LogP contribution in [0.3, 0.4) is 0 Å². The van der Waals surface area contributed by atoms with Gasteiger partial charge in [0.1, 0.15) is 17.3 Å². The molecule has 0 saturated heterocycles. The van der Waals surface area contributed by atoms with Crippen molar-refractivity contribution in [2.75, 3.05) is 5.32 Å². The molecule has 0 atom stereocenters. The zero-order valence-corrected chi connectivity index (χ0v) is 14.4. The predicted octanol–water partition coefficient (Wildman–Crippen LogP) is 2.94. The second kappa shape index (κ2) is 6.95. The fourth-order valence-corrected chi connectivity index (χ4v) is 2.64. The van der Waals surface area contributed by atoms with Crippen LogP contribution in [-0.4, -0.2) is 27.3 Å². The quantitative estimate of drug-likeness (QED) is 0.711. The van der Waals surface area contributed by atoms with Crippen molar-refractivity contribution in [3.8, 4) is 11.3 Å². The van der Waals surface area contributed by atoms with Crippen LogP contribution in [0.4, 0.5) is 5.82 Å². The van der Waals surface area contributed by atoms with Gasteiger partial charge in [0.15, 0.2) is 5.69 Å². The molecule has 2 aromatic heterocycles. The summed E-state index contributed by atoms with van der Waals surface area (Å²) in [7, 11) is 0. The summed E-state index contributed by atoms with van der Waals surface area (Å²) >= 11 is 0. The van der Waals surface area contributed by atoms with Gasteiger partial charge in [-0.1, -0.05) is 35.5 Å². The normalized spacial score (nSPS) is 13.4. The minimum atomic E-state index is -0.173. The largest absolute Gasteiger partial charge is 0.364 e. The van der Waals surface area contributed by atoms with Crippen molar-refractivity contribution in [1.29, 1.82) is 0 Å². The van der Waals surface area contributed by atoms with E-state index in [0.717, 1.165) is 35.4 Å². The third-order valence-electron chi connectivity index (χ3n) is 4.29. The number of benzene rings is 1. The van der Waals surface area contributed by atoms with Gasteiger partial charge in [-0.05, 0) is 31.9 Å². The molecule has 26 heavy (non-hydrogen) atoms. The van der Waals surface area contributed by atoms with Crippen LogP contribution in [0.2, 0.25) is 0 Å². The highest BCUT2D eigenvalue weighted by molar-refractivity contribution is 5.92. The zero-order valence-electron chi connectivity index (χ0n) is 14.4. The van der Waals surface area contributed by atoms with Crippen molar-refractivity contribution in [3.05, 3.63) is 59.5 Å². The maximum atomic E-state index is 11.9. The van der Waals surface area contributed by atoms with E-state index in [9.17, 15) is 4.79 Å². The van der Waals surface area contributed by atoms with Gasteiger partial charge < -0.3 is 15.2 Å². The van der Waals surface area contributed by atoms with Crippen molar-refractivity contribution in [2.24, 2.45) is 0 Å². The van der Waals surface area contributed by atoms with Crippen LogP contribution in [0.25, 0.3) is 11.3 Å². The van der Waals surface area contributed by atoms with Gasteiger partial charge >= 0.3 is 0 Å². The molecule has 1 amide bonds. The van der Waals surface area contributed by atoms with Crippen molar-refractivity contribution in [2.45, 2.75) is 32.4 Å². The molecule has 4 rings (SSSR count). The molecular weight excluding hydrogens is 330 g/mol. The molecule has 1 saturated carbocycles. The third-order valence-corrected chi connectivity index (χ3v) is 4.29. The van der Waals surface area contributed by atoms with Gasteiger partial charge in [-0.3, -0.25) is 4.79 Å². The second-order valence-corrected chi connectivity index (χ2v) is 6.34. The van der Waals surface area contributed by atoms with E-state index in [1.54, 1.807) is 12.1 Å². The van der Waals surface area contributed by atoms with E-state index in [-0.39, 0.29) is 5.91 Å². The first-order chi connectivity index (χ1) is 12.7. The monoisotopic (exact) mass is 349 g/mol. The van der Waals surface area contributed by atoms with Crippen LogP contribution in [0.5, 0.6) is 0 Å². The maximum Gasteiger partial charge on any atom is 0.272 e. The summed E-state index contributed by atoms with van der Waals surface area (Å²) in [5.74, 6) is 1.17. The Morgan fingerprint density at radius 1 is 1.15 bits per heavy atom. The number of anilines is 1. The van der Waals surface area contributed by atoms with Gasteiger partial charge in [0.05, 0.1) is 0 Å². The summed E-state index contributed by atoms with van der Waals surface area (Å²) in [5, 5.41) is 18.4. The van der Waals surface area contributed by atoms with E-state index in [4.69, 9.17) is 4.52 Å². The molecule has 0 bridgehead atoms. The predicted molar refractivity (Wildman–Crippen MR) is 96.5 cm³/mol. The summed E-state index contributed by atoms with van der Waals surface area (Å²) in [6, 6.07) is 13.6. The number of amides is 1. The Bertz CT molecular complexity index is 901. The smallest absolute Gasteiger partial charge is 0.272 e. The minimum absolute atomic E-state index is 0.173. The molecule has 1 aliphatic rings. The van der Waals surface area contributed by atoms with E-state index in [1.807, 2.05) is 37.3 Å². The Morgan fingerprint density at radius 2 is 1.96 bits per heavy atom. The molecule has 0 aliphatic heterocycles. The van der Waals surface area contributed by atoms with E-state index in [2.05, 4.69) is 26.0 Å². The van der Waals surface area contributed by atoms with Crippen LogP contribution in [0.15, 0.2) is 47.0 Å². The number of carbonyl (C=O) groups is 1. The van der Waals surface area contributed by atoms with E-state index >= 15 is 0 Å². The van der Waals surface area contributed by atoms with E-state index in [1.165, 1.54) is 0 Å². The number of hydrogen-bond acceptors (Lipinski definition) is 6. The fourth-order valence-electron chi connectivity index (χ4n) is 2.64. The van der Waals surface area contributed by atoms with Gasteiger partial charge in [0.25, 0.3) is 5.91 Å². The van der Waals surface area contributed by atoms with Crippen LogP contribution >= 0.6 is 0 Å². The molecule has 0 radical (unpaired) electrons. The molecule has 0 unspecified atom stereocenters. The van der Waals surface area contributed by atoms with E-state index < -0.39 is 0 Å². The average Bonchev–Trinajstić information content (AvgIpc) is 3.41. The molecule has 3 aromatic rings. The van der Waals surface area contributed by atoms with Gasteiger partial charge in [-0.2, -0.15) is 0 Å². The lowest BCUT2D eigenvalue weighted by atomic mass is 10.1. The van der Waals surface area contributed by atoms with Gasteiger partial charge in [0, 0.05) is 23.7 Å². The Balaban J connectivity index is 1.44. The molecule has 7 nitrogen and oxygen atoms in total. The van der Waals surface area contributed by atoms with Crippen molar-refractivity contribution in [1.82, 2.24) is 20.7 Å². The van der Waals surface area contributed by atoms with E-state index in [0.29, 0.717) is 24.1 Å². The van der Waals surface area contributed by atoms with Crippen LogP contribution in [0.1, 0.15) is 34.7 Å². The lowest BCUT2D eigenvalue weighted by Crippen LogP contribution is -2.26. The van der Waals surface area contributed by atoms with Crippen molar-refractivity contribution >= 4 is 11.7 Å². The highest BCUT2D eigenvalue weighted by Gasteiger charge is 2.24. The summed E-state index contributed by atoms with van der Waals surface area (Å²) < 4.78 is 5.35. The molecule has 1 aliphatic carbocycles. The molecule has 7 heteroatoms. The summed E-state index contributed by atoms with van der Waals surface area (Å²) in [6.07, 6.45) is 2.08. The molecule has 0 spiro atoms. The number of carbonyl (C=O) groups excluding carboxylic acids is 1. The molecule has 2 heterocycles. The fraction of sp³-hybridized carbons (Fsp3) is 0.263. The topological polar surface area (TPSA) is 92.9 Å². The first-order valence-corrected chi connectivity index (χ1v) is 8.60.